The summed E-state index contributed by atoms with van der Waals surface area (Å²) in [5, 5.41) is 0.133. The summed E-state index contributed by atoms with van der Waals surface area (Å²) in [5.74, 6) is 0. The lowest BCUT2D eigenvalue weighted by Crippen LogP contribution is -1.74. The summed E-state index contributed by atoms with van der Waals surface area (Å²) in [5.41, 5.74) is 1.29. The van der Waals surface area contributed by atoms with Crippen molar-refractivity contribution in [3.05, 3.63) is 22.2 Å². The zero-order chi connectivity index (χ0) is 7.84. The summed E-state index contributed by atoms with van der Waals surface area (Å²) in [6, 6.07) is 1.71. The second-order valence-electron chi connectivity index (χ2n) is 1.92. The molecule has 11 heavy (non-hydrogen) atoms. The molecule has 0 saturated carbocycles. The normalized spacial score (nSPS) is 10.7. The van der Waals surface area contributed by atoms with Gasteiger partial charge in [0.05, 0.1) is 0 Å². The first kappa shape index (κ1) is 7.06. The summed E-state index contributed by atoms with van der Waals surface area (Å²) in [7, 11) is 0. The summed E-state index contributed by atoms with van der Waals surface area (Å²) in [6.45, 7) is 0. The minimum atomic E-state index is 0.133. The van der Waals surface area contributed by atoms with Crippen LogP contribution in [0.1, 0.15) is 0 Å². The number of hydrogen-bond donors (Lipinski definition) is 0. The van der Waals surface area contributed by atoms with E-state index in [-0.39, 0.29) is 5.35 Å². The van der Waals surface area contributed by atoms with E-state index in [1.165, 1.54) is 0 Å². The summed E-state index contributed by atoms with van der Waals surface area (Å²) in [4.78, 5) is 7.86. The summed E-state index contributed by atoms with van der Waals surface area (Å²) >= 11 is 8.75. The molecule has 0 unspecified atom stereocenters. The number of halogens is 2. The second kappa shape index (κ2) is 2.46. The minimum Gasteiger partial charge on any atom is -0.427 e. The van der Waals surface area contributed by atoms with E-state index in [1.54, 1.807) is 12.3 Å². The van der Waals surface area contributed by atoms with Gasteiger partial charge < -0.3 is 4.42 Å². The Bertz CT molecular complexity index is 400. The Morgan fingerprint density at radius 3 is 3.09 bits per heavy atom. The molecule has 0 amide bonds. The largest absolute Gasteiger partial charge is 0.427 e. The highest BCUT2D eigenvalue weighted by Gasteiger charge is 2.05. The van der Waals surface area contributed by atoms with Gasteiger partial charge in [-0.3, -0.25) is 0 Å². The van der Waals surface area contributed by atoms with Gasteiger partial charge in [-0.2, -0.15) is 4.98 Å². The highest BCUT2D eigenvalue weighted by Crippen LogP contribution is 2.23. The third-order valence-electron chi connectivity index (χ3n) is 1.24. The molecule has 0 aliphatic rings. The molecule has 0 bridgehead atoms. The number of aromatic nitrogens is 2. The maximum absolute atomic E-state index is 5.53. The molecule has 0 radical (unpaired) electrons. The van der Waals surface area contributed by atoms with Crippen molar-refractivity contribution in [3.63, 3.8) is 0 Å². The fraction of sp³-hybridized carbons (Fsp3) is 0. The van der Waals surface area contributed by atoms with E-state index >= 15 is 0 Å². The molecule has 2 aromatic rings. The van der Waals surface area contributed by atoms with Gasteiger partial charge in [0.15, 0.2) is 5.58 Å². The Morgan fingerprint density at radius 1 is 1.55 bits per heavy atom. The van der Waals surface area contributed by atoms with E-state index in [0.29, 0.717) is 15.7 Å². The Morgan fingerprint density at radius 2 is 2.36 bits per heavy atom. The van der Waals surface area contributed by atoms with Crippen LogP contribution < -0.4 is 0 Å². The van der Waals surface area contributed by atoms with Crippen molar-refractivity contribution in [1.82, 2.24) is 9.97 Å². The van der Waals surface area contributed by atoms with E-state index in [1.807, 2.05) is 0 Å². The highest BCUT2D eigenvalue weighted by atomic mass is 79.9. The van der Waals surface area contributed by atoms with Crippen LogP contribution in [0.4, 0.5) is 0 Å². The number of fused-ring (bicyclic) bond motifs is 1. The van der Waals surface area contributed by atoms with Crippen LogP contribution >= 0.6 is 27.5 Å². The molecule has 0 aliphatic carbocycles. The average Bonchev–Trinajstić information content (AvgIpc) is 2.31. The molecule has 5 heteroatoms. The topological polar surface area (TPSA) is 38.9 Å². The Hall–Kier alpha value is -0.610. The van der Waals surface area contributed by atoms with Crippen LogP contribution in [0.2, 0.25) is 5.35 Å². The lowest BCUT2D eigenvalue weighted by molar-refractivity contribution is 0.604. The number of oxazole rings is 1. The molecule has 56 valence electrons. The molecule has 0 atom stereocenters. The maximum Gasteiger partial charge on any atom is 0.293 e. The molecule has 0 aromatic carbocycles. The molecule has 2 heterocycles. The van der Waals surface area contributed by atoms with Crippen molar-refractivity contribution in [2.45, 2.75) is 0 Å². The molecule has 0 spiro atoms. The van der Waals surface area contributed by atoms with Gasteiger partial charge in [0.2, 0.25) is 0 Å². The smallest absolute Gasteiger partial charge is 0.293 e. The van der Waals surface area contributed by atoms with Gasteiger partial charge in [-0.15, -0.1) is 0 Å². The molecule has 0 fully saturated rings. The molecule has 0 N–H and O–H groups in total. The standard InChI is InChI=1S/C6H2BrClN2O/c7-5-4-3(1-2-9-5)11-6(8)10-4/h1-2H. The van der Waals surface area contributed by atoms with Gasteiger partial charge in [0.25, 0.3) is 5.35 Å². The summed E-state index contributed by atoms with van der Waals surface area (Å²) < 4.78 is 5.68. The van der Waals surface area contributed by atoms with E-state index in [4.69, 9.17) is 16.0 Å². The Kier molecular flexibility index (Phi) is 1.58. The second-order valence-corrected chi connectivity index (χ2v) is 2.99. The van der Waals surface area contributed by atoms with Gasteiger partial charge >= 0.3 is 0 Å². The highest BCUT2D eigenvalue weighted by molar-refractivity contribution is 9.10. The van der Waals surface area contributed by atoms with Crippen molar-refractivity contribution in [1.29, 1.82) is 0 Å². The molecule has 0 aliphatic heterocycles. The van der Waals surface area contributed by atoms with Crippen LogP contribution in [-0.2, 0) is 0 Å². The van der Waals surface area contributed by atoms with Gasteiger partial charge in [0.1, 0.15) is 10.1 Å². The van der Waals surface area contributed by atoms with E-state index in [9.17, 15) is 0 Å². The van der Waals surface area contributed by atoms with Crippen molar-refractivity contribution in [2.75, 3.05) is 0 Å². The van der Waals surface area contributed by atoms with E-state index in [0.717, 1.165) is 0 Å². The van der Waals surface area contributed by atoms with Crippen molar-refractivity contribution in [3.8, 4) is 0 Å². The number of hydrogen-bond acceptors (Lipinski definition) is 3. The van der Waals surface area contributed by atoms with Crippen molar-refractivity contribution >= 4 is 38.6 Å². The van der Waals surface area contributed by atoms with Gasteiger partial charge in [-0.05, 0) is 27.5 Å². The zero-order valence-electron chi connectivity index (χ0n) is 5.21. The van der Waals surface area contributed by atoms with Gasteiger partial charge in [-0.1, -0.05) is 0 Å². The lowest BCUT2D eigenvalue weighted by Gasteiger charge is -1.86. The van der Waals surface area contributed by atoms with Crippen LogP contribution in [0.3, 0.4) is 0 Å². The third-order valence-corrected chi connectivity index (χ3v) is 1.98. The third kappa shape index (κ3) is 1.12. The maximum atomic E-state index is 5.53. The fourth-order valence-electron chi connectivity index (χ4n) is 0.797. The molecule has 3 nitrogen and oxygen atoms in total. The Balaban J connectivity index is 2.90. The monoisotopic (exact) mass is 232 g/mol. The van der Waals surface area contributed by atoms with Crippen LogP contribution in [0, 0.1) is 0 Å². The lowest BCUT2D eigenvalue weighted by atomic mass is 10.4. The first-order chi connectivity index (χ1) is 5.27. The number of nitrogens with zero attached hydrogens (tertiary/aromatic N) is 2. The van der Waals surface area contributed by atoms with E-state index in [2.05, 4.69) is 25.9 Å². The SMILES string of the molecule is Clc1nc2c(Br)nccc2o1. The predicted molar refractivity (Wildman–Crippen MR) is 44.5 cm³/mol. The van der Waals surface area contributed by atoms with Gasteiger partial charge in [-0.25, -0.2) is 4.98 Å². The predicted octanol–water partition coefficient (Wildman–Crippen LogP) is 2.64. The molecular weight excluding hydrogens is 231 g/mol. The quantitative estimate of drug-likeness (QED) is 0.657. The fourth-order valence-corrected chi connectivity index (χ4v) is 1.37. The first-order valence-electron chi connectivity index (χ1n) is 2.84. The minimum absolute atomic E-state index is 0.133. The van der Waals surface area contributed by atoms with Crippen LogP contribution in [0.25, 0.3) is 11.1 Å². The van der Waals surface area contributed by atoms with E-state index < -0.39 is 0 Å². The molecule has 0 saturated heterocycles. The van der Waals surface area contributed by atoms with Crippen molar-refractivity contribution < 1.29 is 4.42 Å². The van der Waals surface area contributed by atoms with Crippen LogP contribution in [0.15, 0.2) is 21.3 Å². The zero-order valence-corrected chi connectivity index (χ0v) is 7.56. The number of rotatable bonds is 0. The summed E-state index contributed by atoms with van der Waals surface area (Å²) in [6.07, 6.45) is 1.62. The number of pyridine rings is 1. The van der Waals surface area contributed by atoms with Crippen molar-refractivity contribution in [2.24, 2.45) is 0 Å². The molecule has 2 aromatic heterocycles. The first-order valence-corrected chi connectivity index (χ1v) is 4.01. The van der Waals surface area contributed by atoms with Crippen LogP contribution in [0.5, 0.6) is 0 Å². The Labute approximate surface area is 75.5 Å². The average molecular weight is 233 g/mol. The van der Waals surface area contributed by atoms with Crippen LogP contribution in [-0.4, -0.2) is 9.97 Å². The molecule has 2 rings (SSSR count). The van der Waals surface area contributed by atoms with Gasteiger partial charge in [0, 0.05) is 12.3 Å². The molecular formula is C6H2BrClN2O.